The fourth-order valence-electron chi connectivity index (χ4n) is 3.70. The molecule has 146 valence electrons. The van der Waals surface area contributed by atoms with Gasteiger partial charge in [-0.2, -0.15) is 10.4 Å². The van der Waals surface area contributed by atoms with Crippen LogP contribution in [0.5, 0.6) is 0 Å². The smallest absolute Gasteiger partial charge is 0.257 e. The Labute approximate surface area is 170 Å². The second-order valence-corrected chi connectivity index (χ2v) is 7.44. The third kappa shape index (κ3) is 4.71. The van der Waals surface area contributed by atoms with E-state index >= 15 is 0 Å². The summed E-state index contributed by atoms with van der Waals surface area (Å²) in [5.41, 5.74) is 3.72. The number of hydrogen-bond acceptors (Lipinski definition) is 3. The molecule has 6 heteroatoms. The van der Waals surface area contributed by atoms with Crippen LogP contribution in [0.3, 0.4) is 0 Å². The van der Waals surface area contributed by atoms with Crippen molar-refractivity contribution in [1.29, 1.82) is 5.26 Å². The highest BCUT2D eigenvalue weighted by molar-refractivity contribution is 5.93. The fourth-order valence-corrected chi connectivity index (χ4v) is 3.70. The van der Waals surface area contributed by atoms with E-state index in [1.165, 1.54) is 10.5 Å². The van der Waals surface area contributed by atoms with Crippen molar-refractivity contribution in [3.05, 3.63) is 89.2 Å². The van der Waals surface area contributed by atoms with Crippen molar-refractivity contribution in [2.24, 2.45) is 0 Å². The van der Waals surface area contributed by atoms with E-state index in [1.54, 1.807) is 6.20 Å². The predicted octanol–water partition coefficient (Wildman–Crippen LogP) is 1.34. The van der Waals surface area contributed by atoms with Gasteiger partial charge in [0.2, 0.25) is 0 Å². The number of piperazine rings is 1. The summed E-state index contributed by atoms with van der Waals surface area (Å²) in [5, 5.41) is 13.3. The first-order chi connectivity index (χ1) is 14.2. The molecule has 0 aliphatic carbocycles. The van der Waals surface area contributed by atoms with Gasteiger partial charge in [-0.25, -0.2) is 0 Å². The van der Waals surface area contributed by atoms with Gasteiger partial charge in [0.25, 0.3) is 5.91 Å². The number of nitriles is 1. The Morgan fingerprint density at radius 3 is 2.45 bits per heavy atom. The largest absolute Gasteiger partial charge is 0.328 e. The molecule has 29 heavy (non-hydrogen) atoms. The van der Waals surface area contributed by atoms with E-state index in [4.69, 9.17) is 5.26 Å². The first kappa shape index (κ1) is 18.9. The number of rotatable bonds is 5. The first-order valence-corrected chi connectivity index (χ1v) is 9.89. The molecular formula is C23H24N5O+. The van der Waals surface area contributed by atoms with Gasteiger partial charge in [-0.3, -0.25) is 9.48 Å². The molecule has 1 fully saturated rings. The Hall–Kier alpha value is -3.43. The zero-order valence-corrected chi connectivity index (χ0v) is 16.3. The van der Waals surface area contributed by atoms with Crippen LogP contribution in [0.25, 0.3) is 0 Å². The number of carbonyl (C=O) groups excluding carboxylic acids is 1. The van der Waals surface area contributed by atoms with Gasteiger partial charge in [0.15, 0.2) is 0 Å². The first-order valence-electron chi connectivity index (χ1n) is 9.89. The second-order valence-electron chi connectivity index (χ2n) is 7.44. The van der Waals surface area contributed by atoms with Gasteiger partial charge < -0.3 is 9.80 Å². The van der Waals surface area contributed by atoms with Crippen molar-refractivity contribution in [3.63, 3.8) is 0 Å². The molecule has 0 unspecified atom stereocenters. The minimum absolute atomic E-state index is 0.0572. The molecule has 2 heterocycles. The van der Waals surface area contributed by atoms with Crippen LogP contribution < -0.4 is 4.90 Å². The van der Waals surface area contributed by atoms with Crippen molar-refractivity contribution in [2.45, 2.75) is 13.1 Å². The zero-order chi connectivity index (χ0) is 20.1. The molecule has 0 bridgehead atoms. The topological polar surface area (TPSA) is 66.4 Å². The van der Waals surface area contributed by atoms with Crippen LogP contribution in [0, 0.1) is 11.3 Å². The van der Waals surface area contributed by atoms with Crippen LogP contribution in [-0.4, -0.2) is 46.8 Å². The summed E-state index contributed by atoms with van der Waals surface area (Å²) < 4.78 is 1.81. The van der Waals surface area contributed by atoms with Crippen molar-refractivity contribution in [2.75, 3.05) is 26.2 Å². The Kier molecular flexibility index (Phi) is 5.68. The molecule has 1 amide bonds. The number of nitrogens with zero attached hydrogens (tertiary/aromatic N) is 4. The number of carbonyl (C=O) groups is 1. The number of amides is 1. The Morgan fingerprint density at radius 1 is 1.03 bits per heavy atom. The SMILES string of the molecule is N#Cc1ccc(C[NH+]2CCN(C(=O)c3cnn(Cc4ccccc4)c3)CC2)cc1. The highest BCUT2D eigenvalue weighted by Gasteiger charge is 2.25. The highest BCUT2D eigenvalue weighted by Crippen LogP contribution is 2.08. The van der Waals surface area contributed by atoms with E-state index < -0.39 is 0 Å². The highest BCUT2D eigenvalue weighted by atomic mass is 16.2. The lowest BCUT2D eigenvalue weighted by Gasteiger charge is -2.32. The molecule has 1 aromatic heterocycles. The number of hydrogen-bond donors (Lipinski definition) is 1. The molecule has 0 spiro atoms. The lowest BCUT2D eigenvalue weighted by Crippen LogP contribution is -3.13. The maximum Gasteiger partial charge on any atom is 0.257 e. The summed E-state index contributed by atoms with van der Waals surface area (Å²) in [6, 6.07) is 20.0. The Morgan fingerprint density at radius 2 is 1.76 bits per heavy atom. The van der Waals surface area contributed by atoms with Gasteiger partial charge in [-0.05, 0) is 17.7 Å². The van der Waals surface area contributed by atoms with Crippen LogP contribution in [0.4, 0.5) is 0 Å². The third-order valence-corrected chi connectivity index (χ3v) is 5.36. The van der Waals surface area contributed by atoms with E-state index in [1.807, 2.05) is 58.2 Å². The van der Waals surface area contributed by atoms with E-state index in [2.05, 4.69) is 23.3 Å². The molecule has 1 N–H and O–H groups in total. The van der Waals surface area contributed by atoms with Crippen LogP contribution >= 0.6 is 0 Å². The molecule has 3 aromatic rings. The third-order valence-electron chi connectivity index (χ3n) is 5.36. The number of nitrogens with one attached hydrogen (secondary N) is 1. The van der Waals surface area contributed by atoms with E-state index in [-0.39, 0.29) is 5.91 Å². The minimum atomic E-state index is 0.0572. The molecule has 0 radical (unpaired) electrons. The number of quaternary nitrogens is 1. The second kappa shape index (κ2) is 8.72. The van der Waals surface area contributed by atoms with Gasteiger partial charge in [0.1, 0.15) is 6.54 Å². The van der Waals surface area contributed by atoms with Gasteiger partial charge >= 0.3 is 0 Å². The Balaban J connectivity index is 1.30. The number of benzene rings is 2. The minimum Gasteiger partial charge on any atom is -0.328 e. The van der Waals surface area contributed by atoms with E-state index in [9.17, 15) is 4.79 Å². The van der Waals surface area contributed by atoms with E-state index in [0.717, 1.165) is 38.3 Å². The van der Waals surface area contributed by atoms with Crippen molar-refractivity contribution >= 4 is 5.91 Å². The maximum atomic E-state index is 12.8. The predicted molar refractivity (Wildman–Crippen MR) is 109 cm³/mol. The van der Waals surface area contributed by atoms with Crippen LogP contribution in [-0.2, 0) is 13.1 Å². The van der Waals surface area contributed by atoms with Crippen LogP contribution in [0.1, 0.15) is 27.0 Å². The Bertz CT molecular complexity index is 996. The monoisotopic (exact) mass is 386 g/mol. The quantitative estimate of drug-likeness (QED) is 0.720. The molecule has 1 aliphatic rings. The van der Waals surface area contributed by atoms with Crippen LogP contribution in [0.15, 0.2) is 67.0 Å². The van der Waals surface area contributed by atoms with Gasteiger partial charge in [-0.1, -0.05) is 42.5 Å². The summed E-state index contributed by atoms with van der Waals surface area (Å²) in [4.78, 5) is 16.2. The average molecular weight is 386 g/mol. The molecule has 4 rings (SSSR count). The summed E-state index contributed by atoms with van der Waals surface area (Å²) in [6.07, 6.45) is 3.51. The summed E-state index contributed by atoms with van der Waals surface area (Å²) in [5.74, 6) is 0.0572. The normalized spacial score (nSPS) is 14.5. The number of aromatic nitrogens is 2. The molecule has 1 saturated heterocycles. The summed E-state index contributed by atoms with van der Waals surface area (Å²) in [6.45, 7) is 4.91. The summed E-state index contributed by atoms with van der Waals surface area (Å²) in [7, 11) is 0. The molecule has 6 nitrogen and oxygen atoms in total. The maximum absolute atomic E-state index is 12.8. The van der Waals surface area contributed by atoms with Crippen molar-refractivity contribution < 1.29 is 9.69 Å². The van der Waals surface area contributed by atoms with Gasteiger partial charge in [0.05, 0.1) is 56.1 Å². The van der Waals surface area contributed by atoms with Crippen molar-refractivity contribution in [1.82, 2.24) is 14.7 Å². The molecule has 1 aliphatic heterocycles. The zero-order valence-electron chi connectivity index (χ0n) is 16.3. The van der Waals surface area contributed by atoms with E-state index in [0.29, 0.717) is 17.7 Å². The summed E-state index contributed by atoms with van der Waals surface area (Å²) >= 11 is 0. The molecule has 0 saturated carbocycles. The molecule has 0 atom stereocenters. The molecule has 2 aromatic carbocycles. The lowest BCUT2D eigenvalue weighted by atomic mass is 10.1. The van der Waals surface area contributed by atoms with Gasteiger partial charge in [0, 0.05) is 11.8 Å². The molecular weight excluding hydrogens is 362 g/mol. The van der Waals surface area contributed by atoms with Crippen molar-refractivity contribution in [3.8, 4) is 6.07 Å². The standard InChI is InChI=1S/C23H23N5O/c24-14-19-6-8-21(9-7-19)16-26-10-12-27(13-11-26)23(29)22-15-25-28(18-22)17-20-4-2-1-3-5-20/h1-9,15,18H,10-13,16-17H2/p+1. The van der Waals surface area contributed by atoms with Gasteiger partial charge in [-0.15, -0.1) is 0 Å². The lowest BCUT2D eigenvalue weighted by molar-refractivity contribution is -0.917. The fraction of sp³-hybridized carbons (Fsp3) is 0.261. The average Bonchev–Trinajstić information content (AvgIpc) is 3.23. The van der Waals surface area contributed by atoms with Crippen LogP contribution in [0.2, 0.25) is 0 Å².